The van der Waals surface area contributed by atoms with E-state index in [4.69, 9.17) is 14.2 Å². The van der Waals surface area contributed by atoms with E-state index >= 15 is 0 Å². The SMILES string of the molecule is c1cnc(-n2cc[n+](CCOCCOCCOc3cccc4cccnc34)c2)nc1. The highest BCUT2D eigenvalue weighted by Crippen LogP contribution is 2.22. The van der Waals surface area contributed by atoms with Gasteiger partial charge in [-0.2, -0.15) is 14.5 Å². The summed E-state index contributed by atoms with van der Waals surface area (Å²) in [5.41, 5.74) is 0.869. The highest BCUT2D eigenvalue weighted by molar-refractivity contribution is 5.84. The molecule has 0 unspecified atom stereocenters. The Morgan fingerprint density at radius 3 is 2.47 bits per heavy atom. The molecule has 4 aromatic rings. The van der Waals surface area contributed by atoms with Crippen molar-refractivity contribution in [3.63, 3.8) is 0 Å². The summed E-state index contributed by atoms with van der Waals surface area (Å²) in [6, 6.07) is 11.6. The molecule has 3 aromatic heterocycles. The highest BCUT2D eigenvalue weighted by atomic mass is 16.5. The van der Waals surface area contributed by atoms with Crippen molar-refractivity contribution in [2.75, 3.05) is 33.0 Å². The molecule has 0 N–H and O–H groups in total. The number of fused-ring (bicyclic) bond motifs is 1. The number of benzene rings is 1. The van der Waals surface area contributed by atoms with Crippen LogP contribution in [0.5, 0.6) is 5.75 Å². The Hall–Kier alpha value is -3.36. The van der Waals surface area contributed by atoms with Crippen molar-refractivity contribution >= 4 is 10.9 Å². The summed E-state index contributed by atoms with van der Waals surface area (Å²) in [5, 5.41) is 1.06. The standard InChI is InChI=1S/C22H24N5O3/c1-4-19-5-2-7-23-21(19)20(6-1)30-17-16-29-15-14-28-13-12-26-10-11-27(18-26)22-24-8-3-9-25-22/h1-11,18H,12-17H2/q+1. The van der Waals surface area contributed by atoms with Gasteiger partial charge in [-0.15, -0.1) is 0 Å². The van der Waals surface area contributed by atoms with E-state index in [-0.39, 0.29) is 0 Å². The number of imidazole rings is 1. The zero-order valence-corrected chi connectivity index (χ0v) is 16.6. The van der Waals surface area contributed by atoms with E-state index in [0.717, 1.165) is 23.2 Å². The summed E-state index contributed by atoms with van der Waals surface area (Å²) in [6.45, 7) is 3.39. The van der Waals surface area contributed by atoms with E-state index in [1.165, 1.54) is 0 Å². The molecule has 30 heavy (non-hydrogen) atoms. The van der Waals surface area contributed by atoms with Gasteiger partial charge in [0.2, 0.25) is 0 Å². The Morgan fingerprint density at radius 1 is 0.800 bits per heavy atom. The first-order valence-corrected chi connectivity index (χ1v) is 9.86. The minimum absolute atomic E-state index is 0.473. The Bertz CT molecular complexity index is 1050. The lowest BCUT2D eigenvalue weighted by Crippen LogP contribution is -2.33. The molecule has 0 bridgehead atoms. The van der Waals surface area contributed by atoms with Crippen molar-refractivity contribution < 1.29 is 18.8 Å². The number of hydrogen-bond acceptors (Lipinski definition) is 6. The second-order valence-electron chi connectivity index (χ2n) is 6.51. The van der Waals surface area contributed by atoms with E-state index in [1.54, 1.807) is 24.7 Å². The van der Waals surface area contributed by atoms with Crippen LogP contribution in [0.25, 0.3) is 16.9 Å². The minimum atomic E-state index is 0.473. The van der Waals surface area contributed by atoms with Crippen LogP contribution in [-0.2, 0) is 16.0 Å². The summed E-state index contributed by atoms with van der Waals surface area (Å²) < 4.78 is 20.9. The zero-order valence-electron chi connectivity index (χ0n) is 16.6. The molecule has 0 aliphatic heterocycles. The largest absolute Gasteiger partial charge is 0.489 e. The fraction of sp³-hybridized carbons (Fsp3) is 0.273. The second kappa shape index (κ2) is 10.4. The van der Waals surface area contributed by atoms with Gasteiger partial charge in [0.25, 0.3) is 6.33 Å². The maximum atomic E-state index is 5.80. The van der Waals surface area contributed by atoms with E-state index in [9.17, 15) is 0 Å². The predicted octanol–water partition coefficient (Wildman–Crippen LogP) is 2.22. The lowest BCUT2D eigenvalue weighted by molar-refractivity contribution is -0.697. The van der Waals surface area contributed by atoms with Crippen molar-refractivity contribution in [3.8, 4) is 11.7 Å². The third-order valence-corrected chi connectivity index (χ3v) is 4.42. The minimum Gasteiger partial charge on any atom is -0.489 e. The van der Waals surface area contributed by atoms with Crippen molar-refractivity contribution in [2.45, 2.75) is 6.54 Å². The molecule has 8 heteroatoms. The van der Waals surface area contributed by atoms with Crippen LogP contribution >= 0.6 is 0 Å². The van der Waals surface area contributed by atoms with Gasteiger partial charge in [-0.05, 0) is 18.2 Å². The molecule has 4 rings (SSSR count). The third-order valence-electron chi connectivity index (χ3n) is 4.42. The average Bonchev–Trinajstić information content (AvgIpc) is 3.28. The molecule has 0 amide bonds. The fourth-order valence-corrected chi connectivity index (χ4v) is 2.96. The van der Waals surface area contributed by atoms with Crippen LogP contribution in [0.15, 0.2) is 73.7 Å². The van der Waals surface area contributed by atoms with E-state index in [1.807, 2.05) is 58.2 Å². The smallest absolute Gasteiger partial charge is 0.325 e. The molecular formula is C22H24N5O3+. The Morgan fingerprint density at radius 2 is 1.57 bits per heavy atom. The van der Waals surface area contributed by atoms with Gasteiger partial charge in [-0.1, -0.05) is 18.2 Å². The van der Waals surface area contributed by atoms with Gasteiger partial charge in [-0.3, -0.25) is 4.98 Å². The molecular weight excluding hydrogens is 382 g/mol. The average molecular weight is 406 g/mol. The number of nitrogens with zero attached hydrogens (tertiary/aromatic N) is 5. The molecule has 0 fully saturated rings. The Balaban J connectivity index is 1.08. The van der Waals surface area contributed by atoms with Gasteiger partial charge >= 0.3 is 5.95 Å². The zero-order chi connectivity index (χ0) is 20.4. The first-order chi connectivity index (χ1) is 14.9. The van der Waals surface area contributed by atoms with Crippen molar-refractivity contribution in [3.05, 3.63) is 73.7 Å². The van der Waals surface area contributed by atoms with Crippen molar-refractivity contribution in [1.29, 1.82) is 0 Å². The quantitative estimate of drug-likeness (QED) is 0.281. The molecule has 0 spiro atoms. The van der Waals surface area contributed by atoms with Crippen LogP contribution in [-0.4, -0.2) is 52.6 Å². The van der Waals surface area contributed by atoms with Gasteiger partial charge in [0.05, 0.1) is 26.4 Å². The van der Waals surface area contributed by atoms with E-state index < -0.39 is 0 Å². The maximum absolute atomic E-state index is 5.80. The normalized spacial score (nSPS) is 11.1. The summed E-state index contributed by atoms with van der Waals surface area (Å²) in [7, 11) is 0. The first kappa shape index (κ1) is 19.9. The van der Waals surface area contributed by atoms with Gasteiger partial charge in [-0.25, -0.2) is 4.57 Å². The fourth-order valence-electron chi connectivity index (χ4n) is 2.96. The summed E-state index contributed by atoms with van der Waals surface area (Å²) in [5.74, 6) is 1.42. The van der Waals surface area contributed by atoms with Crippen LogP contribution in [0.4, 0.5) is 0 Å². The molecule has 0 atom stereocenters. The van der Waals surface area contributed by atoms with Gasteiger partial charge in [0, 0.05) is 24.0 Å². The summed E-state index contributed by atoms with van der Waals surface area (Å²) in [6.07, 6.45) is 11.0. The monoisotopic (exact) mass is 406 g/mol. The summed E-state index contributed by atoms with van der Waals surface area (Å²) in [4.78, 5) is 12.8. The predicted molar refractivity (Wildman–Crippen MR) is 110 cm³/mol. The molecule has 0 radical (unpaired) electrons. The molecule has 8 nitrogen and oxygen atoms in total. The molecule has 0 saturated heterocycles. The van der Waals surface area contributed by atoms with Crippen molar-refractivity contribution in [1.82, 2.24) is 19.5 Å². The molecule has 0 saturated carbocycles. The van der Waals surface area contributed by atoms with Crippen LogP contribution in [0.3, 0.4) is 0 Å². The number of pyridine rings is 1. The number of rotatable bonds is 11. The van der Waals surface area contributed by atoms with Crippen LogP contribution in [0, 0.1) is 0 Å². The molecule has 0 aliphatic carbocycles. The van der Waals surface area contributed by atoms with Crippen LogP contribution < -0.4 is 9.30 Å². The molecule has 0 aliphatic rings. The lowest BCUT2D eigenvalue weighted by atomic mass is 10.2. The molecule has 1 aromatic carbocycles. The van der Waals surface area contributed by atoms with Crippen LogP contribution in [0.2, 0.25) is 0 Å². The van der Waals surface area contributed by atoms with Crippen molar-refractivity contribution in [2.24, 2.45) is 0 Å². The van der Waals surface area contributed by atoms with Gasteiger partial charge in [0.15, 0.2) is 0 Å². The highest BCUT2D eigenvalue weighted by Gasteiger charge is 2.08. The van der Waals surface area contributed by atoms with Gasteiger partial charge in [0.1, 0.15) is 36.8 Å². The van der Waals surface area contributed by atoms with E-state index in [2.05, 4.69) is 15.0 Å². The third kappa shape index (κ3) is 5.37. The Labute approximate surface area is 174 Å². The first-order valence-electron chi connectivity index (χ1n) is 9.86. The number of hydrogen-bond donors (Lipinski definition) is 0. The number of aromatic nitrogens is 5. The molecule has 154 valence electrons. The number of ether oxygens (including phenoxy) is 3. The Kier molecular flexibility index (Phi) is 6.93. The number of para-hydroxylation sites is 1. The lowest BCUT2D eigenvalue weighted by Gasteiger charge is -2.09. The maximum Gasteiger partial charge on any atom is 0.325 e. The van der Waals surface area contributed by atoms with E-state index in [0.29, 0.717) is 39.0 Å². The molecule has 3 heterocycles. The second-order valence-corrected chi connectivity index (χ2v) is 6.51. The van der Waals surface area contributed by atoms with Crippen LogP contribution in [0.1, 0.15) is 0 Å². The topological polar surface area (TPSA) is 75.2 Å². The van der Waals surface area contributed by atoms with Gasteiger partial charge < -0.3 is 14.2 Å². The summed E-state index contributed by atoms with van der Waals surface area (Å²) >= 11 is 0.